The summed E-state index contributed by atoms with van der Waals surface area (Å²) in [6.45, 7) is 20.5. The number of carbonyl (C=O) groups excluding carboxylic acids is 3. The Hall–Kier alpha value is -5.89. The molecular weight excluding hydrogens is 656 g/mol. The fourth-order valence-corrected chi connectivity index (χ4v) is 5.21. The molecule has 8 heteroatoms. The van der Waals surface area contributed by atoms with Crippen molar-refractivity contribution in [2.45, 2.75) is 47.5 Å². The van der Waals surface area contributed by atoms with Crippen molar-refractivity contribution in [1.29, 1.82) is 0 Å². The Labute approximate surface area is 306 Å². The lowest BCUT2D eigenvalue weighted by Crippen LogP contribution is -2.13. The topological polar surface area (TPSA) is 97.4 Å². The Kier molecular flexibility index (Phi) is 13.7. The van der Waals surface area contributed by atoms with Crippen LogP contribution in [0.3, 0.4) is 0 Å². The molecule has 0 aliphatic carbocycles. The highest BCUT2D eigenvalue weighted by Crippen LogP contribution is 2.36. The summed E-state index contributed by atoms with van der Waals surface area (Å²) in [6.07, 6.45) is 1.47. The van der Waals surface area contributed by atoms with Crippen molar-refractivity contribution in [2.24, 2.45) is 0 Å². The molecule has 0 amide bonds. The number of hydrogen-bond acceptors (Lipinski definition) is 8. The zero-order valence-corrected chi connectivity index (χ0v) is 30.6. The number of hydrogen-bond donors (Lipinski definition) is 0. The minimum absolute atomic E-state index is 0.124. The standard InChI is InChI=1S/C44H46O8/c1-9-31-23-34(13-17-40(31)48-19-21-50-42(45)28(3)4)37-25-36(33-11-15-39(16-12-33)52-44(47)30(7)8)26-38(27-37)35-14-18-41(32(10-2)24-35)49-20-22-51-43(46)29(5)6/h11-18,23-27H,3,5,7,9-10,19-22H2,1-2,4,6,8H3. The summed E-state index contributed by atoms with van der Waals surface area (Å²) in [7, 11) is 0. The van der Waals surface area contributed by atoms with Crippen LogP contribution in [-0.2, 0) is 36.7 Å². The molecule has 52 heavy (non-hydrogen) atoms. The Morgan fingerprint density at radius 1 is 0.481 bits per heavy atom. The Morgan fingerprint density at radius 2 is 0.865 bits per heavy atom. The lowest BCUT2D eigenvalue weighted by atomic mass is 9.91. The summed E-state index contributed by atoms with van der Waals surface area (Å²) in [5.74, 6) is 0.530. The highest BCUT2D eigenvalue weighted by Gasteiger charge is 2.14. The smallest absolute Gasteiger partial charge is 0.338 e. The van der Waals surface area contributed by atoms with Crippen molar-refractivity contribution in [1.82, 2.24) is 0 Å². The van der Waals surface area contributed by atoms with Crippen LogP contribution < -0.4 is 14.2 Å². The van der Waals surface area contributed by atoms with E-state index >= 15 is 0 Å². The summed E-state index contributed by atoms with van der Waals surface area (Å²) in [5, 5.41) is 0. The van der Waals surface area contributed by atoms with E-state index in [1.807, 2.05) is 36.4 Å². The molecule has 0 bridgehead atoms. The van der Waals surface area contributed by atoms with Gasteiger partial charge >= 0.3 is 17.9 Å². The van der Waals surface area contributed by atoms with Gasteiger partial charge in [-0.05, 0) is 133 Å². The molecule has 0 aliphatic heterocycles. The van der Waals surface area contributed by atoms with E-state index < -0.39 is 17.9 Å². The van der Waals surface area contributed by atoms with Gasteiger partial charge in [0.2, 0.25) is 0 Å². The van der Waals surface area contributed by atoms with Crippen molar-refractivity contribution in [3.63, 3.8) is 0 Å². The Balaban J connectivity index is 1.68. The van der Waals surface area contributed by atoms with Crippen LogP contribution in [0.15, 0.2) is 115 Å². The van der Waals surface area contributed by atoms with Gasteiger partial charge in [-0.1, -0.05) is 57.8 Å². The zero-order chi connectivity index (χ0) is 37.8. The lowest BCUT2D eigenvalue weighted by molar-refractivity contribution is -0.140. The fraction of sp³-hybridized carbons (Fsp3) is 0.250. The molecule has 4 aromatic rings. The number of rotatable bonds is 17. The molecule has 0 aliphatic rings. The maximum Gasteiger partial charge on any atom is 0.338 e. The molecule has 0 heterocycles. The Bertz CT molecular complexity index is 1870. The van der Waals surface area contributed by atoms with Gasteiger partial charge in [-0.3, -0.25) is 0 Å². The van der Waals surface area contributed by atoms with Gasteiger partial charge in [-0.2, -0.15) is 0 Å². The highest BCUT2D eigenvalue weighted by atomic mass is 16.6. The van der Waals surface area contributed by atoms with Gasteiger partial charge in [0.05, 0.1) is 0 Å². The number of esters is 3. The average molecular weight is 703 g/mol. The zero-order valence-electron chi connectivity index (χ0n) is 30.6. The molecule has 4 aromatic carbocycles. The first-order chi connectivity index (χ1) is 24.9. The molecule has 0 N–H and O–H groups in total. The van der Waals surface area contributed by atoms with Gasteiger partial charge in [0.15, 0.2) is 0 Å². The molecule has 0 saturated heterocycles. The first kappa shape index (κ1) is 38.9. The summed E-state index contributed by atoms with van der Waals surface area (Å²) in [5.41, 5.74) is 8.97. The van der Waals surface area contributed by atoms with Crippen molar-refractivity contribution in [2.75, 3.05) is 26.4 Å². The third kappa shape index (κ3) is 10.6. The molecule has 0 radical (unpaired) electrons. The fourth-order valence-electron chi connectivity index (χ4n) is 5.21. The second-order valence-electron chi connectivity index (χ2n) is 12.4. The van der Waals surface area contributed by atoms with E-state index in [1.54, 1.807) is 32.9 Å². The predicted octanol–water partition coefficient (Wildman–Crippen LogP) is 9.29. The maximum atomic E-state index is 12.1. The quantitative estimate of drug-likeness (QED) is 0.0465. The van der Waals surface area contributed by atoms with Crippen LogP contribution in [0.5, 0.6) is 17.2 Å². The van der Waals surface area contributed by atoms with Crippen LogP contribution >= 0.6 is 0 Å². The minimum Gasteiger partial charge on any atom is -0.490 e. The van der Waals surface area contributed by atoms with Crippen LogP contribution in [0.4, 0.5) is 0 Å². The highest BCUT2D eigenvalue weighted by molar-refractivity contribution is 5.89. The maximum absolute atomic E-state index is 12.1. The number of benzene rings is 4. The molecule has 0 aromatic heterocycles. The van der Waals surface area contributed by atoms with E-state index in [0.29, 0.717) is 22.5 Å². The van der Waals surface area contributed by atoms with Gasteiger partial charge in [-0.25, -0.2) is 14.4 Å². The van der Waals surface area contributed by atoms with Gasteiger partial charge < -0.3 is 23.7 Å². The van der Waals surface area contributed by atoms with Crippen LogP contribution in [0, 0.1) is 0 Å². The average Bonchev–Trinajstić information content (AvgIpc) is 3.14. The summed E-state index contributed by atoms with van der Waals surface area (Å²) in [4.78, 5) is 35.6. The molecule has 0 atom stereocenters. The summed E-state index contributed by atoms with van der Waals surface area (Å²) in [6, 6.07) is 26.0. The number of ether oxygens (including phenoxy) is 5. The van der Waals surface area contributed by atoms with Crippen LogP contribution in [-0.4, -0.2) is 44.3 Å². The molecule has 4 rings (SSSR count). The molecular formula is C44H46O8. The monoisotopic (exact) mass is 702 g/mol. The third-order valence-electron chi connectivity index (χ3n) is 8.07. The SMILES string of the molecule is C=C(C)C(=O)OCCOc1ccc(-c2cc(-c3ccc(OC(=O)C(=C)C)cc3)cc(-c3ccc(OCCOC(=O)C(=C)C)c(CC)c3)c2)cc1CC. The van der Waals surface area contributed by atoms with E-state index in [-0.39, 0.29) is 26.4 Å². The van der Waals surface area contributed by atoms with Crippen molar-refractivity contribution in [3.8, 4) is 50.6 Å². The summed E-state index contributed by atoms with van der Waals surface area (Å²) >= 11 is 0. The largest absolute Gasteiger partial charge is 0.490 e. The van der Waals surface area contributed by atoms with Gasteiger partial charge in [0.1, 0.15) is 43.7 Å². The van der Waals surface area contributed by atoms with E-state index in [4.69, 9.17) is 23.7 Å². The molecule has 0 unspecified atom stereocenters. The van der Waals surface area contributed by atoms with Crippen LogP contribution in [0.2, 0.25) is 0 Å². The predicted molar refractivity (Wildman–Crippen MR) is 204 cm³/mol. The number of aryl methyl sites for hydroxylation is 2. The van der Waals surface area contributed by atoms with E-state index in [1.165, 1.54) is 0 Å². The molecule has 0 saturated carbocycles. The Morgan fingerprint density at radius 3 is 1.25 bits per heavy atom. The van der Waals surface area contributed by atoms with Gasteiger partial charge in [0.25, 0.3) is 0 Å². The third-order valence-corrected chi connectivity index (χ3v) is 8.07. The van der Waals surface area contributed by atoms with Gasteiger partial charge in [0, 0.05) is 16.7 Å². The van der Waals surface area contributed by atoms with E-state index in [0.717, 1.165) is 68.8 Å². The lowest BCUT2D eigenvalue weighted by Gasteiger charge is -2.16. The van der Waals surface area contributed by atoms with Crippen LogP contribution in [0.25, 0.3) is 33.4 Å². The van der Waals surface area contributed by atoms with E-state index in [9.17, 15) is 14.4 Å². The summed E-state index contributed by atoms with van der Waals surface area (Å²) < 4.78 is 27.8. The number of carbonyl (C=O) groups is 3. The second kappa shape index (κ2) is 18.4. The van der Waals surface area contributed by atoms with Crippen molar-refractivity contribution < 1.29 is 38.1 Å². The minimum atomic E-state index is -0.476. The molecule has 270 valence electrons. The molecule has 0 spiro atoms. The molecule has 8 nitrogen and oxygen atoms in total. The normalized spacial score (nSPS) is 10.6. The second-order valence-corrected chi connectivity index (χ2v) is 12.4. The first-order valence-corrected chi connectivity index (χ1v) is 17.2. The van der Waals surface area contributed by atoms with Crippen molar-refractivity contribution in [3.05, 3.63) is 126 Å². The van der Waals surface area contributed by atoms with Crippen molar-refractivity contribution >= 4 is 17.9 Å². The molecule has 0 fully saturated rings. The first-order valence-electron chi connectivity index (χ1n) is 17.2. The van der Waals surface area contributed by atoms with Gasteiger partial charge in [-0.15, -0.1) is 0 Å². The van der Waals surface area contributed by atoms with Crippen LogP contribution in [0.1, 0.15) is 45.7 Å². The van der Waals surface area contributed by atoms with E-state index in [2.05, 4.69) is 63.9 Å².